The normalized spacial score (nSPS) is 15.7. The number of alkyl halides is 3. The Labute approximate surface area is 159 Å². The summed E-state index contributed by atoms with van der Waals surface area (Å²) < 4.78 is 70.4. The number of pyridine rings is 1. The van der Waals surface area contributed by atoms with E-state index in [-0.39, 0.29) is 23.9 Å². The van der Waals surface area contributed by atoms with Gasteiger partial charge in [0.1, 0.15) is 11.7 Å². The molecule has 0 radical (unpaired) electrons. The molecule has 11 heteroatoms. The third-order valence-corrected chi connectivity index (χ3v) is 5.83. The van der Waals surface area contributed by atoms with Crippen molar-refractivity contribution in [2.75, 3.05) is 18.4 Å². The molecule has 0 bridgehead atoms. The standard InChI is InChI=1S/C17H16F3N3O4S/c1-11(24)22-12-4-6-14(7-5-12)28(25,26)23-9-13(10-23)27-16-15(17(18,19)20)3-2-8-21-16/h2-8,13H,9-10H2,1H3,(H,22,24). The van der Waals surface area contributed by atoms with Gasteiger partial charge in [0.05, 0.1) is 18.0 Å². The SMILES string of the molecule is CC(=O)Nc1ccc(S(=O)(=O)N2CC(Oc3ncccc3C(F)(F)F)C2)cc1. The van der Waals surface area contributed by atoms with Crippen molar-refractivity contribution < 1.29 is 31.1 Å². The summed E-state index contributed by atoms with van der Waals surface area (Å²) in [5, 5.41) is 2.53. The lowest BCUT2D eigenvalue weighted by Gasteiger charge is -2.37. The second-order valence-corrected chi connectivity index (χ2v) is 8.06. The fourth-order valence-electron chi connectivity index (χ4n) is 2.59. The van der Waals surface area contributed by atoms with Gasteiger partial charge in [-0.05, 0) is 36.4 Å². The molecule has 28 heavy (non-hydrogen) atoms. The minimum Gasteiger partial charge on any atom is -0.471 e. The molecule has 0 unspecified atom stereocenters. The molecule has 1 aliphatic rings. The first-order valence-electron chi connectivity index (χ1n) is 8.14. The molecule has 0 aliphatic carbocycles. The molecular formula is C17H16F3N3O4S. The van der Waals surface area contributed by atoms with Gasteiger partial charge in [-0.2, -0.15) is 17.5 Å². The highest BCUT2D eigenvalue weighted by molar-refractivity contribution is 7.89. The van der Waals surface area contributed by atoms with E-state index < -0.39 is 33.7 Å². The summed E-state index contributed by atoms with van der Waals surface area (Å²) in [5.74, 6) is -0.859. The molecule has 150 valence electrons. The van der Waals surface area contributed by atoms with Crippen LogP contribution in [0.25, 0.3) is 0 Å². The van der Waals surface area contributed by atoms with Crippen LogP contribution in [0.3, 0.4) is 0 Å². The zero-order chi connectivity index (χ0) is 20.5. The minimum atomic E-state index is -4.62. The van der Waals surface area contributed by atoms with E-state index in [9.17, 15) is 26.4 Å². The Kier molecular flexibility index (Phi) is 5.31. The van der Waals surface area contributed by atoms with Crippen LogP contribution in [0.4, 0.5) is 18.9 Å². The first-order chi connectivity index (χ1) is 13.1. The highest BCUT2D eigenvalue weighted by atomic mass is 32.2. The van der Waals surface area contributed by atoms with Crippen LogP contribution in [0.2, 0.25) is 0 Å². The van der Waals surface area contributed by atoms with Crippen LogP contribution in [-0.2, 0) is 21.0 Å². The van der Waals surface area contributed by atoms with Gasteiger partial charge in [0, 0.05) is 18.8 Å². The molecule has 3 rings (SSSR count). The summed E-state index contributed by atoms with van der Waals surface area (Å²) in [4.78, 5) is 14.6. The zero-order valence-corrected chi connectivity index (χ0v) is 15.4. The predicted octanol–water partition coefficient (Wildman–Crippen LogP) is 2.51. The van der Waals surface area contributed by atoms with Gasteiger partial charge in [-0.1, -0.05) is 0 Å². The molecule has 0 saturated carbocycles. The number of hydrogen-bond acceptors (Lipinski definition) is 5. The Morgan fingerprint density at radius 1 is 1.21 bits per heavy atom. The molecule has 1 fully saturated rings. The fourth-order valence-corrected chi connectivity index (χ4v) is 4.10. The molecule has 1 amide bonds. The van der Waals surface area contributed by atoms with Crippen molar-refractivity contribution in [2.24, 2.45) is 0 Å². The van der Waals surface area contributed by atoms with Gasteiger partial charge in [-0.3, -0.25) is 4.79 Å². The quantitative estimate of drug-likeness (QED) is 0.811. The average Bonchev–Trinajstić information content (AvgIpc) is 2.57. The van der Waals surface area contributed by atoms with Gasteiger partial charge in [0.2, 0.25) is 21.8 Å². The summed E-state index contributed by atoms with van der Waals surface area (Å²) in [7, 11) is -3.81. The molecule has 0 atom stereocenters. The van der Waals surface area contributed by atoms with E-state index in [1.807, 2.05) is 0 Å². The van der Waals surface area contributed by atoms with Gasteiger partial charge >= 0.3 is 6.18 Å². The fraction of sp³-hybridized carbons (Fsp3) is 0.294. The van der Waals surface area contributed by atoms with Gasteiger partial charge in [0.15, 0.2) is 0 Å². The molecule has 1 N–H and O–H groups in total. The molecule has 1 aromatic carbocycles. The van der Waals surface area contributed by atoms with E-state index >= 15 is 0 Å². The Hall–Kier alpha value is -2.66. The van der Waals surface area contributed by atoms with Crippen LogP contribution >= 0.6 is 0 Å². The lowest BCUT2D eigenvalue weighted by molar-refractivity contribution is -0.140. The van der Waals surface area contributed by atoms with Gasteiger partial charge in [-0.15, -0.1) is 0 Å². The van der Waals surface area contributed by atoms with Crippen LogP contribution in [-0.4, -0.2) is 42.8 Å². The van der Waals surface area contributed by atoms with Gasteiger partial charge in [0.25, 0.3) is 0 Å². The topological polar surface area (TPSA) is 88.6 Å². The highest BCUT2D eigenvalue weighted by Gasteiger charge is 2.41. The minimum absolute atomic E-state index is 0.00821. The number of nitrogens with one attached hydrogen (secondary N) is 1. The van der Waals surface area contributed by atoms with E-state index in [0.29, 0.717) is 5.69 Å². The number of amides is 1. The second-order valence-electron chi connectivity index (χ2n) is 6.12. The Bertz CT molecular complexity index is 972. The van der Waals surface area contributed by atoms with E-state index in [2.05, 4.69) is 10.3 Å². The van der Waals surface area contributed by atoms with E-state index in [1.165, 1.54) is 37.4 Å². The first-order valence-corrected chi connectivity index (χ1v) is 9.58. The van der Waals surface area contributed by atoms with E-state index in [4.69, 9.17) is 4.74 Å². The van der Waals surface area contributed by atoms with Crippen LogP contribution in [0, 0.1) is 0 Å². The van der Waals surface area contributed by atoms with Crippen molar-refractivity contribution in [3.8, 4) is 5.88 Å². The maximum Gasteiger partial charge on any atom is 0.421 e. The number of halogens is 3. The molecule has 0 spiro atoms. The predicted molar refractivity (Wildman–Crippen MR) is 93.2 cm³/mol. The molecule has 7 nitrogen and oxygen atoms in total. The summed E-state index contributed by atoms with van der Waals surface area (Å²) >= 11 is 0. The van der Waals surface area contributed by atoms with Crippen molar-refractivity contribution in [3.05, 3.63) is 48.2 Å². The zero-order valence-electron chi connectivity index (χ0n) is 14.6. The molecular weight excluding hydrogens is 399 g/mol. The summed E-state index contributed by atoms with van der Waals surface area (Å²) in [5.41, 5.74) is -0.559. The van der Waals surface area contributed by atoms with Crippen molar-refractivity contribution in [1.29, 1.82) is 0 Å². The Balaban J connectivity index is 1.65. The van der Waals surface area contributed by atoms with Crippen molar-refractivity contribution in [1.82, 2.24) is 9.29 Å². The summed E-state index contributed by atoms with van der Waals surface area (Å²) in [6.45, 7) is 1.14. The lowest BCUT2D eigenvalue weighted by atomic mass is 10.2. The van der Waals surface area contributed by atoms with Crippen LogP contribution in [0.5, 0.6) is 5.88 Å². The van der Waals surface area contributed by atoms with Crippen LogP contribution < -0.4 is 10.1 Å². The molecule has 2 heterocycles. The third kappa shape index (κ3) is 4.25. The third-order valence-electron chi connectivity index (χ3n) is 3.98. The van der Waals surface area contributed by atoms with E-state index in [1.54, 1.807) is 0 Å². The van der Waals surface area contributed by atoms with Crippen LogP contribution in [0.15, 0.2) is 47.5 Å². The number of anilines is 1. The number of rotatable bonds is 5. The lowest BCUT2D eigenvalue weighted by Crippen LogP contribution is -2.56. The number of aromatic nitrogens is 1. The van der Waals surface area contributed by atoms with Crippen LogP contribution in [0.1, 0.15) is 12.5 Å². The van der Waals surface area contributed by atoms with Gasteiger partial charge < -0.3 is 10.1 Å². The highest BCUT2D eigenvalue weighted by Crippen LogP contribution is 2.36. The molecule has 1 saturated heterocycles. The Morgan fingerprint density at radius 2 is 1.86 bits per heavy atom. The van der Waals surface area contributed by atoms with E-state index in [0.717, 1.165) is 16.4 Å². The first kappa shape index (κ1) is 20.1. The maximum atomic E-state index is 13.0. The molecule has 2 aromatic rings. The summed E-state index contributed by atoms with van der Waals surface area (Å²) in [6.07, 6.45) is -4.17. The van der Waals surface area contributed by atoms with Crippen molar-refractivity contribution >= 4 is 21.6 Å². The molecule has 1 aliphatic heterocycles. The molecule has 1 aromatic heterocycles. The maximum absolute atomic E-state index is 13.0. The van der Waals surface area contributed by atoms with Gasteiger partial charge in [-0.25, -0.2) is 13.4 Å². The van der Waals surface area contributed by atoms with Crippen molar-refractivity contribution in [2.45, 2.75) is 24.1 Å². The number of carbonyl (C=O) groups excluding carboxylic acids is 1. The Morgan fingerprint density at radius 3 is 2.43 bits per heavy atom. The number of hydrogen-bond donors (Lipinski definition) is 1. The summed E-state index contributed by atoms with van der Waals surface area (Å²) in [6, 6.07) is 7.59. The number of benzene rings is 1. The second kappa shape index (κ2) is 7.40. The number of nitrogens with zero attached hydrogens (tertiary/aromatic N) is 2. The van der Waals surface area contributed by atoms with Crippen molar-refractivity contribution in [3.63, 3.8) is 0 Å². The monoisotopic (exact) mass is 415 g/mol. The number of sulfonamides is 1. The average molecular weight is 415 g/mol. The smallest absolute Gasteiger partial charge is 0.421 e. The largest absolute Gasteiger partial charge is 0.471 e. The number of carbonyl (C=O) groups is 1. The number of ether oxygens (including phenoxy) is 1.